The van der Waals surface area contributed by atoms with E-state index in [2.05, 4.69) is 45.9 Å². The molecule has 0 amide bonds. The standard InChI is InChI=1S/C19H31N/c1-14(2)13-19(9-5-6-10-19)18(20)12-17-11-15(3)7-8-16(17)4/h7-8,11,14,18H,5-6,9-10,12-13,20H2,1-4H3. The Kier molecular flexibility index (Phi) is 4.90. The molecule has 1 aliphatic carbocycles. The van der Waals surface area contributed by atoms with Crippen LogP contribution in [-0.2, 0) is 6.42 Å². The molecule has 0 spiro atoms. The zero-order chi connectivity index (χ0) is 14.8. The third-order valence-corrected chi connectivity index (χ3v) is 5.15. The molecule has 2 rings (SSSR count). The smallest absolute Gasteiger partial charge is 0.0136 e. The Hall–Kier alpha value is -0.820. The summed E-state index contributed by atoms with van der Waals surface area (Å²) in [7, 11) is 0. The second-order valence-electron chi connectivity index (χ2n) is 7.41. The van der Waals surface area contributed by atoms with Crippen LogP contribution >= 0.6 is 0 Å². The van der Waals surface area contributed by atoms with Gasteiger partial charge in [-0.25, -0.2) is 0 Å². The lowest BCUT2D eigenvalue weighted by Crippen LogP contribution is -2.42. The van der Waals surface area contributed by atoms with Crippen LogP contribution in [0.25, 0.3) is 0 Å². The lowest BCUT2D eigenvalue weighted by molar-refractivity contribution is 0.181. The number of benzene rings is 1. The van der Waals surface area contributed by atoms with Crippen LogP contribution in [0.15, 0.2) is 18.2 Å². The minimum absolute atomic E-state index is 0.313. The first-order valence-electron chi connectivity index (χ1n) is 8.25. The summed E-state index contributed by atoms with van der Waals surface area (Å²) in [5.74, 6) is 0.748. The highest BCUT2D eigenvalue weighted by molar-refractivity contribution is 5.31. The van der Waals surface area contributed by atoms with E-state index in [1.807, 2.05) is 0 Å². The summed E-state index contributed by atoms with van der Waals surface area (Å²) in [5.41, 5.74) is 11.3. The number of hydrogen-bond acceptors (Lipinski definition) is 1. The predicted octanol–water partition coefficient (Wildman–Crippen LogP) is 4.78. The van der Waals surface area contributed by atoms with E-state index in [1.165, 1.54) is 48.8 Å². The summed E-state index contributed by atoms with van der Waals surface area (Å²) in [6, 6.07) is 7.07. The van der Waals surface area contributed by atoms with Gasteiger partial charge in [-0.15, -0.1) is 0 Å². The quantitative estimate of drug-likeness (QED) is 0.821. The second-order valence-corrected chi connectivity index (χ2v) is 7.41. The van der Waals surface area contributed by atoms with Gasteiger partial charge < -0.3 is 5.73 Å². The Morgan fingerprint density at radius 2 is 1.80 bits per heavy atom. The minimum atomic E-state index is 0.313. The number of hydrogen-bond donors (Lipinski definition) is 1. The molecule has 1 unspecified atom stereocenters. The van der Waals surface area contributed by atoms with Crippen LogP contribution in [0.1, 0.15) is 62.6 Å². The van der Waals surface area contributed by atoms with E-state index in [1.54, 1.807) is 0 Å². The first kappa shape index (κ1) is 15.6. The topological polar surface area (TPSA) is 26.0 Å². The van der Waals surface area contributed by atoms with Crippen molar-refractivity contribution in [2.75, 3.05) is 0 Å². The average molecular weight is 273 g/mol. The van der Waals surface area contributed by atoms with Gasteiger partial charge in [0, 0.05) is 6.04 Å². The maximum atomic E-state index is 6.71. The van der Waals surface area contributed by atoms with Gasteiger partial charge in [-0.2, -0.15) is 0 Å². The largest absolute Gasteiger partial charge is 0.327 e. The van der Waals surface area contributed by atoms with E-state index >= 15 is 0 Å². The van der Waals surface area contributed by atoms with Gasteiger partial charge in [0.05, 0.1) is 0 Å². The summed E-state index contributed by atoms with van der Waals surface area (Å²) in [6.07, 6.45) is 7.73. The lowest BCUT2D eigenvalue weighted by atomic mass is 9.71. The van der Waals surface area contributed by atoms with Gasteiger partial charge in [0.1, 0.15) is 0 Å². The molecule has 0 bridgehead atoms. The van der Waals surface area contributed by atoms with Crippen molar-refractivity contribution in [3.63, 3.8) is 0 Å². The maximum Gasteiger partial charge on any atom is 0.0136 e. The van der Waals surface area contributed by atoms with E-state index in [0.717, 1.165) is 12.3 Å². The van der Waals surface area contributed by atoms with Crippen LogP contribution in [-0.4, -0.2) is 6.04 Å². The Balaban J connectivity index is 2.16. The molecule has 1 saturated carbocycles. The monoisotopic (exact) mass is 273 g/mol. The summed E-state index contributed by atoms with van der Waals surface area (Å²) < 4.78 is 0. The van der Waals surface area contributed by atoms with Gasteiger partial charge in [-0.1, -0.05) is 50.5 Å². The fraction of sp³-hybridized carbons (Fsp3) is 0.684. The van der Waals surface area contributed by atoms with E-state index in [9.17, 15) is 0 Å². The minimum Gasteiger partial charge on any atom is -0.327 e. The van der Waals surface area contributed by atoms with E-state index in [0.29, 0.717) is 11.5 Å². The average Bonchev–Trinajstić information content (AvgIpc) is 2.82. The maximum absolute atomic E-state index is 6.71. The Bertz CT molecular complexity index is 441. The molecule has 112 valence electrons. The zero-order valence-corrected chi connectivity index (χ0v) is 13.7. The van der Waals surface area contributed by atoms with Crippen LogP contribution in [0.2, 0.25) is 0 Å². The molecular formula is C19H31N. The molecule has 2 N–H and O–H groups in total. The summed E-state index contributed by atoms with van der Waals surface area (Å²) >= 11 is 0. The van der Waals surface area contributed by atoms with Crippen molar-refractivity contribution in [1.29, 1.82) is 0 Å². The Morgan fingerprint density at radius 1 is 1.15 bits per heavy atom. The summed E-state index contributed by atoms with van der Waals surface area (Å²) in [5, 5.41) is 0. The van der Waals surface area contributed by atoms with Crippen molar-refractivity contribution >= 4 is 0 Å². The SMILES string of the molecule is Cc1ccc(C)c(CC(N)C2(CC(C)C)CCCC2)c1. The normalized spacial score (nSPS) is 19.5. The van der Waals surface area contributed by atoms with E-state index in [4.69, 9.17) is 5.73 Å². The van der Waals surface area contributed by atoms with Crippen molar-refractivity contribution < 1.29 is 0 Å². The third-order valence-electron chi connectivity index (χ3n) is 5.15. The molecule has 1 aromatic rings. The first-order valence-corrected chi connectivity index (χ1v) is 8.25. The van der Waals surface area contributed by atoms with Crippen molar-refractivity contribution in [3.8, 4) is 0 Å². The van der Waals surface area contributed by atoms with Crippen LogP contribution < -0.4 is 5.73 Å². The molecule has 0 aromatic heterocycles. The summed E-state index contributed by atoms with van der Waals surface area (Å²) in [6.45, 7) is 9.06. The number of nitrogens with two attached hydrogens (primary N) is 1. The fourth-order valence-electron chi connectivity index (χ4n) is 4.09. The van der Waals surface area contributed by atoms with Gasteiger partial charge in [0.15, 0.2) is 0 Å². The van der Waals surface area contributed by atoms with E-state index < -0.39 is 0 Å². The number of aryl methyl sites for hydroxylation is 2. The van der Waals surface area contributed by atoms with Crippen LogP contribution in [0.5, 0.6) is 0 Å². The second kappa shape index (κ2) is 6.30. The van der Waals surface area contributed by atoms with Gasteiger partial charge in [0.2, 0.25) is 0 Å². The highest BCUT2D eigenvalue weighted by atomic mass is 14.7. The predicted molar refractivity (Wildman–Crippen MR) is 88.0 cm³/mol. The highest BCUT2D eigenvalue weighted by Crippen LogP contribution is 2.46. The molecule has 0 aliphatic heterocycles. The third kappa shape index (κ3) is 3.44. The van der Waals surface area contributed by atoms with Gasteiger partial charge in [-0.3, -0.25) is 0 Å². The lowest BCUT2D eigenvalue weighted by Gasteiger charge is -2.37. The molecule has 1 atom stereocenters. The van der Waals surface area contributed by atoms with Crippen LogP contribution in [0, 0.1) is 25.2 Å². The van der Waals surface area contributed by atoms with E-state index in [-0.39, 0.29) is 0 Å². The zero-order valence-electron chi connectivity index (χ0n) is 13.7. The molecule has 1 fully saturated rings. The van der Waals surface area contributed by atoms with Crippen molar-refractivity contribution in [2.24, 2.45) is 17.1 Å². The number of rotatable bonds is 5. The van der Waals surface area contributed by atoms with Gasteiger partial charge in [-0.05, 0) is 62.0 Å². The molecule has 0 saturated heterocycles. The molecule has 0 radical (unpaired) electrons. The van der Waals surface area contributed by atoms with Gasteiger partial charge in [0.25, 0.3) is 0 Å². The molecule has 1 aliphatic rings. The fourth-order valence-corrected chi connectivity index (χ4v) is 4.09. The molecule has 20 heavy (non-hydrogen) atoms. The van der Waals surface area contributed by atoms with Crippen molar-refractivity contribution in [3.05, 3.63) is 34.9 Å². The highest BCUT2D eigenvalue weighted by Gasteiger charge is 2.39. The molecule has 1 nitrogen and oxygen atoms in total. The molecule has 1 aromatic carbocycles. The molecular weight excluding hydrogens is 242 g/mol. The molecule has 0 heterocycles. The molecule has 1 heteroatoms. The van der Waals surface area contributed by atoms with Crippen LogP contribution in [0.4, 0.5) is 0 Å². The van der Waals surface area contributed by atoms with Gasteiger partial charge >= 0.3 is 0 Å². The Labute approximate surface area is 125 Å². The van der Waals surface area contributed by atoms with Crippen molar-refractivity contribution in [1.82, 2.24) is 0 Å². The first-order chi connectivity index (χ1) is 9.43. The van der Waals surface area contributed by atoms with Crippen LogP contribution in [0.3, 0.4) is 0 Å². The summed E-state index contributed by atoms with van der Waals surface area (Å²) in [4.78, 5) is 0. The van der Waals surface area contributed by atoms with Crippen molar-refractivity contribution in [2.45, 2.75) is 72.3 Å². The Morgan fingerprint density at radius 3 is 2.40 bits per heavy atom.